The number of rotatable bonds is 4. The first kappa shape index (κ1) is 13.2. The largest absolute Gasteiger partial charge is 0.324 e. The molecule has 0 bridgehead atoms. The van der Waals surface area contributed by atoms with Gasteiger partial charge < -0.3 is 5.73 Å². The molecule has 0 aliphatic heterocycles. The van der Waals surface area contributed by atoms with Gasteiger partial charge in [-0.2, -0.15) is 0 Å². The molecule has 0 aliphatic rings. The Labute approximate surface area is 112 Å². The number of benzene rings is 2. The lowest BCUT2D eigenvalue weighted by Gasteiger charge is -2.12. The average Bonchev–Trinajstić information content (AvgIpc) is 2.40. The first-order chi connectivity index (χ1) is 9.06. The maximum Gasteiger partial charge on any atom is 0.269 e. The number of hydrogen-bond donors (Lipinski definition) is 1. The highest BCUT2D eigenvalue weighted by molar-refractivity contribution is 5.34. The van der Waals surface area contributed by atoms with Gasteiger partial charge in [0.05, 0.1) is 4.92 Å². The highest BCUT2D eigenvalue weighted by atomic mass is 16.6. The molecule has 0 radical (unpaired) electrons. The highest BCUT2D eigenvalue weighted by Gasteiger charge is 2.09. The number of hydrogen-bond acceptors (Lipinski definition) is 3. The van der Waals surface area contributed by atoms with E-state index in [4.69, 9.17) is 5.73 Å². The van der Waals surface area contributed by atoms with Gasteiger partial charge >= 0.3 is 0 Å². The maximum absolute atomic E-state index is 10.6. The van der Waals surface area contributed by atoms with Gasteiger partial charge in [0.25, 0.3) is 5.69 Å². The van der Waals surface area contributed by atoms with Crippen LogP contribution in [-0.4, -0.2) is 4.92 Å². The number of non-ortho nitro benzene ring substituents is 1. The van der Waals surface area contributed by atoms with Gasteiger partial charge in [-0.1, -0.05) is 42.0 Å². The summed E-state index contributed by atoms with van der Waals surface area (Å²) in [5.41, 5.74) is 9.52. The summed E-state index contributed by atoms with van der Waals surface area (Å²) < 4.78 is 0. The lowest BCUT2D eigenvalue weighted by molar-refractivity contribution is -0.384. The van der Waals surface area contributed by atoms with E-state index >= 15 is 0 Å². The minimum atomic E-state index is -0.399. The van der Waals surface area contributed by atoms with Crippen LogP contribution in [0.15, 0.2) is 48.5 Å². The molecule has 0 fully saturated rings. The van der Waals surface area contributed by atoms with Crippen molar-refractivity contribution in [2.45, 2.75) is 19.4 Å². The van der Waals surface area contributed by atoms with Crippen LogP contribution in [0.1, 0.15) is 22.7 Å². The number of aryl methyl sites for hydroxylation is 1. The van der Waals surface area contributed by atoms with Crippen molar-refractivity contribution in [1.82, 2.24) is 0 Å². The lowest BCUT2D eigenvalue weighted by Crippen LogP contribution is -2.13. The second-order valence-electron chi connectivity index (χ2n) is 4.64. The van der Waals surface area contributed by atoms with Crippen LogP contribution < -0.4 is 5.73 Å². The van der Waals surface area contributed by atoms with Crippen LogP contribution in [0.2, 0.25) is 0 Å². The van der Waals surface area contributed by atoms with E-state index in [1.165, 1.54) is 17.7 Å². The zero-order chi connectivity index (χ0) is 13.8. The summed E-state index contributed by atoms with van der Waals surface area (Å²) in [6.45, 7) is 2.03. The van der Waals surface area contributed by atoms with E-state index < -0.39 is 4.92 Å². The molecule has 98 valence electrons. The zero-order valence-electron chi connectivity index (χ0n) is 10.7. The monoisotopic (exact) mass is 256 g/mol. The van der Waals surface area contributed by atoms with Crippen molar-refractivity contribution in [3.8, 4) is 0 Å². The van der Waals surface area contributed by atoms with Crippen molar-refractivity contribution in [1.29, 1.82) is 0 Å². The maximum atomic E-state index is 10.6. The predicted molar refractivity (Wildman–Crippen MR) is 74.9 cm³/mol. The third kappa shape index (κ3) is 3.39. The normalized spacial score (nSPS) is 12.1. The molecule has 0 aromatic heterocycles. The summed E-state index contributed by atoms with van der Waals surface area (Å²) >= 11 is 0. The number of nitrogens with zero attached hydrogens (tertiary/aromatic N) is 1. The smallest absolute Gasteiger partial charge is 0.269 e. The lowest BCUT2D eigenvalue weighted by atomic mass is 9.99. The predicted octanol–water partition coefficient (Wildman–Crippen LogP) is 3.15. The average molecular weight is 256 g/mol. The third-order valence-corrected chi connectivity index (χ3v) is 3.11. The Hall–Kier alpha value is -2.20. The van der Waals surface area contributed by atoms with Gasteiger partial charge in [-0.25, -0.2) is 0 Å². The molecule has 1 atom stereocenters. The molecular formula is C15H16N2O2. The Kier molecular flexibility index (Phi) is 3.92. The van der Waals surface area contributed by atoms with Gasteiger partial charge in [0.15, 0.2) is 0 Å². The molecule has 2 rings (SSSR count). The van der Waals surface area contributed by atoms with Gasteiger partial charge in [0, 0.05) is 18.2 Å². The van der Waals surface area contributed by atoms with Gasteiger partial charge in [-0.15, -0.1) is 0 Å². The van der Waals surface area contributed by atoms with E-state index in [0.717, 1.165) is 11.1 Å². The van der Waals surface area contributed by atoms with Crippen molar-refractivity contribution in [3.05, 3.63) is 75.3 Å². The first-order valence-corrected chi connectivity index (χ1v) is 6.12. The fourth-order valence-electron chi connectivity index (χ4n) is 1.94. The first-order valence-electron chi connectivity index (χ1n) is 6.12. The number of nitro groups is 1. The van der Waals surface area contributed by atoms with E-state index in [1.54, 1.807) is 12.1 Å². The summed E-state index contributed by atoms with van der Waals surface area (Å²) in [4.78, 5) is 10.2. The molecule has 19 heavy (non-hydrogen) atoms. The van der Waals surface area contributed by atoms with Crippen molar-refractivity contribution in [2.24, 2.45) is 5.73 Å². The minimum absolute atomic E-state index is 0.0953. The van der Waals surface area contributed by atoms with Crippen molar-refractivity contribution >= 4 is 5.69 Å². The fourth-order valence-corrected chi connectivity index (χ4v) is 1.94. The zero-order valence-corrected chi connectivity index (χ0v) is 10.7. The molecule has 0 aliphatic carbocycles. The second-order valence-corrected chi connectivity index (χ2v) is 4.64. The van der Waals surface area contributed by atoms with Crippen LogP contribution in [0, 0.1) is 17.0 Å². The molecule has 0 heterocycles. The standard InChI is InChI=1S/C15H16N2O2/c1-11-2-6-13(7-3-11)15(16)10-12-4-8-14(9-5-12)17(18)19/h2-9,15H,10,16H2,1H3. The summed E-state index contributed by atoms with van der Waals surface area (Å²) in [5, 5.41) is 10.6. The van der Waals surface area contributed by atoms with Crippen LogP contribution in [0.3, 0.4) is 0 Å². The van der Waals surface area contributed by atoms with E-state index in [0.29, 0.717) is 6.42 Å². The summed E-state index contributed by atoms with van der Waals surface area (Å²) in [5.74, 6) is 0. The Morgan fingerprint density at radius 2 is 1.68 bits per heavy atom. The molecule has 4 heteroatoms. The Bertz CT molecular complexity index is 562. The number of nitro benzene ring substituents is 1. The van der Waals surface area contributed by atoms with Crippen molar-refractivity contribution < 1.29 is 4.92 Å². The molecule has 2 aromatic rings. The third-order valence-electron chi connectivity index (χ3n) is 3.11. The molecule has 0 saturated heterocycles. The van der Waals surface area contributed by atoms with E-state index in [9.17, 15) is 10.1 Å². The van der Waals surface area contributed by atoms with E-state index in [-0.39, 0.29) is 11.7 Å². The number of nitrogens with two attached hydrogens (primary N) is 1. The Morgan fingerprint density at radius 3 is 2.21 bits per heavy atom. The molecule has 2 N–H and O–H groups in total. The second kappa shape index (κ2) is 5.63. The molecular weight excluding hydrogens is 240 g/mol. The molecule has 0 saturated carbocycles. The summed E-state index contributed by atoms with van der Waals surface area (Å²) in [6, 6.07) is 14.5. The van der Waals surface area contributed by atoms with Crippen LogP contribution in [0.5, 0.6) is 0 Å². The van der Waals surface area contributed by atoms with Crippen molar-refractivity contribution in [3.63, 3.8) is 0 Å². The molecule has 4 nitrogen and oxygen atoms in total. The van der Waals surface area contributed by atoms with Crippen molar-refractivity contribution in [2.75, 3.05) is 0 Å². The van der Waals surface area contributed by atoms with E-state index in [1.807, 2.05) is 31.2 Å². The van der Waals surface area contributed by atoms with Crippen LogP contribution in [-0.2, 0) is 6.42 Å². The summed E-state index contributed by atoms with van der Waals surface area (Å²) in [6.07, 6.45) is 0.668. The van der Waals surface area contributed by atoms with E-state index in [2.05, 4.69) is 0 Å². The topological polar surface area (TPSA) is 69.2 Å². The Balaban J connectivity index is 2.08. The highest BCUT2D eigenvalue weighted by Crippen LogP contribution is 2.19. The van der Waals surface area contributed by atoms with Gasteiger partial charge in [-0.3, -0.25) is 10.1 Å². The van der Waals surface area contributed by atoms with Crippen LogP contribution in [0.25, 0.3) is 0 Å². The van der Waals surface area contributed by atoms with Gasteiger partial charge in [0.1, 0.15) is 0 Å². The molecule has 1 unspecified atom stereocenters. The van der Waals surface area contributed by atoms with Crippen LogP contribution >= 0.6 is 0 Å². The molecule has 0 amide bonds. The molecule has 0 spiro atoms. The van der Waals surface area contributed by atoms with Gasteiger partial charge in [0.2, 0.25) is 0 Å². The summed E-state index contributed by atoms with van der Waals surface area (Å²) in [7, 11) is 0. The quantitative estimate of drug-likeness (QED) is 0.674. The van der Waals surface area contributed by atoms with Crippen LogP contribution in [0.4, 0.5) is 5.69 Å². The molecule has 2 aromatic carbocycles. The van der Waals surface area contributed by atoms with Gasteiger partial charge in [-0.05, 0) is 24.5 Å². The fraction of sp³-hybridized carbons (Fsp3) is 0.200. The SMILES string of the molecule is Cc1ccc(C(N)Cc2ccc([N+](=O)[O-])cc2)cc1. The Morgan fingerprint density at radius 1 is 1.11 bits per heavy atom. The minimum Gasteiger partial charge on any atom is -0.324 e.